The van der Waals surface area contributed by atoms with E-state index in [9.17, 15) is 5.21 Å². The standard InChI is InChI=1S/C8H11NO/c10-9-6-2-4-7-3-1-5-8(7)9/h2,4,9H,1,3,5-6H2. The fraction of sp³-hybridized carbons (Fsp3) is 0.500. The zero-order valence-electron chi connectivity index (χ0n) is 5.89. The topological polar surface area (TPSA) is 27.5 Å². The van der Waals surface area contributed by atoms with Gasteiger partial charge >= 0.3 is 0 Å². The minimum atomic E-state index is 0.356. The van der Waals surface area contributed by atoms with E-state index in [-0.39, 0.29) is 0 Å². The van der Waals surface area contributed by atoms with Gasteiger partial charge in [0.15, 0.2) is 0 Å². The van der Waals surface area contributed by atoms with Gasteiger partial charge in [-0.05, 0) is 18.9 Å². The summed E-state index contributed by atoms with van der Waals surface area (Å²) >= 11 is 0. The molecule has 1 heterocycles. The molecule has 10 heavy (non-hydrogen) atoms. The van der Waals surface area contributed by atoms with Crippen LogP contribution in [0.15, 0.2) is 23.4 Å². The summed E-state index contributed by atoms with van der Waals surface area (Å²) in [6, 6.07) is 0. The van der Waals surface area contributed by atoms with E-state index >= 15 is 0 Å². The Bertz CT molecular complexity index is 205. The molecule has 54 valence electrons. The van der Waals surface area contributed by atoms with Gasteiger partial charge in [0.2, 0.25) is 0 Å². The SMILES string of the molecule is [O-][NH+]1CC=CC2=C1CCC2. The summed E-state index contributed by atoms with van der Waals surface area (Å²) in [7, 11) is 0. The highest BCUT2D eigenvalue weighted by Crippen LogP contribution is 2.23. The van der Waals surface area contributed by atoms with Gasteiger partial charge in [-0.2, -0.15) is 0 Å². The van der Waals surface area contributed by atoms with E-state index in [1.54, 1.807) is 0 Å². The number of hydrogen-bond acceptors (Lipinski definition) is 1. The minimum absolute atomic E-state index is 0.356. The third-order valence-electron chi connectivity index (χ3n) is 2.22. The summed E-state index contributed by atoms with van der Waals surface area (Å²) in [6.07, 6.45) is 7.42. The predicted octanol–water partition coefficient (Wildman–Crippen LogP) is 0.377. The van der Waals surface area contributed by atoms with Gasteiger partial charge in [-0.25, -0.2) is 0 Å². The van der Waals surface area contributed by atoms with Gasteiger partial charge in [0.1, 0.15) is 12.2 Å². The molecule has 2 heteroatoms. The van der Waals surface area contributed by atoms with Crippen LogP contribution in [0.25, 0.3) is 0 Å². The van der Waals surface area contributed by atoms with Crippen LogP contribution in [0.3, 0.4) is 0 Å². The van der Waals surface area contributed by atoms with Crippen LogP contribution in [0, 0.1) is 5.21 Å². The monoisotopic (exact) mass is 137 g/mol. The largest absolute Gasteiger partial charge is 0.629 e. The van der Waals surface area contributed by atoms with Crippen molar-refractivity contribution in [3.05, 3.63) is 28.6 Å². The first-order valence-corrected chi connectivity index (χ1v) is 3.80. The van der Waals surface area contributed by atoms with Gasteiger partial charge in [0.05, 0.1) is 0 Å². The molecule has 1 aliphatic carbocycles. The normalized spacial score (nSPS) is 31.1. The zero-order chi connectivity index (χ0) is 6.97. The van der Waals surface area contributed by atoms with E-state index in [1.807, 2.05) is 6.08 Å². The van der Waals surface area contributed by atoms with Crippen molar-refractivity contribution in [1.29, 1.82) is 0 Å². The summed E-state index contributed by atoms with van der Waals surface area (Å²) in [5.74, 6) is 0. The Hall–Kier alpha value is -0.600. The Morgan fingerprint density at radius 3 is 3.10 bits per heavy atom. The number of allylic oxidation sites excluding steroid dienone is 3. The molecule has 2 aliphatic rings. The van der Waals surface area contributed by atoms with Crippen LogP contribution in [-0.4, -0.2) is 6.54 Å². The molecule has 0 aromatic heterocycles. The second kappa shape index (κ2) is 2.22. The molecule has 0 aromatic carbocycles. The summed E-state index contributed by atoms with van der Waals surface area (Å²) in [4.78, 5) is 0. The molecule has 1 atom stereocenters. The summed E-state index contributed by atoms with van der Waals surface area (Å²) in [6.45, 7) is 0.638. The lowest BCUT2D eigenvalue weighted by Gasteiger charge is -2.24. The third-order valence-corrected chi connectivity index (χ3v) is 2.22. The Balaban J connectivity index is 2.30. The maximum Gasteiger partial charge on any atom is 0.111 e. The Morgan fingerprint density at radius 2 is 2.30 bits per heavy atom. The number of hydrogen-bond donors (Lipinski definition) is 1. The summed E-state index contributed by atoms with van der Waals surface area (Å²) in [5.41, 5.74) is 2.42. The van der Waals surface area contributed by atoms with Crippen molar-refractivity contribution in [3.8, 4) is 0 Å². The van der Waals surface area contributed by atoms with Gasteiger partial charge in [-0.1, -0.05) is 6.08 Å². The van der Waals surface area contributed by atoms with Crippen molar-refractivity contribution in [2.45, 2.75) is 19.3 Å². The molecule has 2 rings (SSSR count). The molecule has 1 aliphatic heterocycles. The molecule has 0 saturated heterocycles. The van der Waals surface area contributed by atoms with E-state index in [0.29, 0.717) is 11.6 Å². The smallest absolute Gasteiger partial charge is 0.111 e. The maximum atomic E-state index is 11.2. The molecule has 0 amide bonds. The molecule has 0 saturated carbocycles. The van der Waals surface area contributed by atoms with Crippen molar-refractivity contribution in [1.82, 2.24) is 0 Å². The van der Waals surface area contributed by atoms with Crippen molar-refractivity contribution < 1.29 is 5.06 Å². The van der Waals surface area contributed by atoms with Gasteiger partial charge in [-0.15, -0.1) is 0 Å². The molecular weight excluding hydrogens is 126 g/mol. The lowest BCUT2D eigenvalue weighted by molar-refractivity contribution is -0.801. The second-order valence-electron chi connectivity index (χ2n) is 2.89. The third kappa shape index (κ3) is 0.805. The Morgan fingerprint density at radius 1 is 1.40 bits per heavy atom. The first-order chi connectivity index (χ1) is 4.88. The van der Waals surface area contributed by atoms with Gasteiger partial charge < -0.3 is 10.3 Å². The van der Waals surface area contributed by atoms with Gasteiger partial charge in [-0.3, -0.25) is 0 Å². The highest BCUT2D eigenvalue weighted by molar-refractivity contribution is 5.27. The molecule has 1 N–H and O–H groups in total. The lowest BCUT2D eigenvalue weighted by atomic mass is 10.2. The van der Waals surface area contributed by atoms with E-state index in [1.165, 1.54) is 12.0 Å². The number of quaternary nitrogens is 1. The van der Waals surface area contributed by atoms with Crippen molar-refractivity contribution in [3.63, 3.8) is 0 Å². The van der Waals surface area contributed by atoms with E-state index < -0.39 is 0 Å². The molecular formula is C8H11NO. The molecule has 0 radical (unpaired) electrons. The second-order valence-corrected chi connectivity index (χ2v) is 2.89. The number of rotatable bonds is 0. The van der Waals surface area contributed by atoms with Gasteiger partial charge in [0, 0.05) is 12.0 Å². The van der Waals surface area contributed by atoms with Crippen LogP contribution in [0.1, 0.15) is 19.3 Å². The highest BCUT2D eigenvalue weighted by Gasteiger charge is 2.20. The van der Waals surface area contributed by atoms with Crippen LogP contribution in [0.4, 0.5) is 0 Å². The molecule has 2 nitrogen and oxygen atoms in total. The first-order valence-electron chi connectivity index (χ1n) is 3.80. The van der Waals surface area contributed by atoms with Crippen molar-refractivity contribution >= 4 is 0 Å². The van der Waals surface area contributed by atoms with E-state index in [0.717, 1.165) is 18.5 Å². The summed E-state index contributed by atoms with van der Waals surface area (Å²) < 4.78 is 0. The fourth-order valence-electron chi connectivity index (χ4n) is 1.70. The Labute approximate surface area is 60.4 Å². The molecule has 0 spiro atoms. The molecule has 0 fully saturated rings. The van der Waals surface area contributed by atoms with E-state index in [2.05, 4.69) is 6.08 Å². The molecule has 0 aromatic rings. The fourth-order valence-corrected chi connectivity index (χ4v) is 1.70. The number of hydroxylamine groups is 2. The average Bonchev–Trinajstić information content (AvgIpc) is 2.36. The minimum Gasteiger partial charge on any atom is -0.629 e. The van der Waals surface area contributed by atoms with Crippen LogP contribution < -0.4 is 5.06 Å². The van der Waals surface area contributed by atoms with Crippen LogP contribution in [0.5, 0.6) is 0 Å². The summed E-state index contributed by atoms with van der Waals surface area (Å²) in [5, 5.41) is 11.5. The molecule has 1 unspecified atom stereocenters. The van der Waals surface area contributed by atoms with Crippen LogP contribution >= 0.6 is 0 Å². The first kappa shape index (κ1) is 6.13. The quantitative estimate of drug-likeness (QED) is 0.480. The zero-order valence-corrected chi connectivity index (χ0v) is 5.89. The predicted molar refractivity (Wildman–Crippen MR) is 39.2 cm³/mol. The van der Waals surface area contributed by atoms with Crippen molar-refractivity contribution in [2.75, 3.05) is 6.54 Å². The van der Waals surface area contributed by atoms with Crippen LogP contribution in [-0.2, 0) is 0 Å². The van der Waals surface area contributed by atoms with Crippen molar-refractivity contribution in [2.24, 2.45) is 0 Å². The van der Waals surface area contributed by atoms with Crippen LogP contribution in [0.2, 0.25) is 0 Å². The van der Waals surface area contributed by atoms with E-state index in [4.69, 9.17) is 0 Å². The van der Waals surface area contributed by atoms with Gasteiger partial charge in [0.25, 0.3) is 0 Å². The number of nitrogens with one attached hydrogen (secondary N) is 1. The molecule has 0 bridgehead atoms. The maximum absolute atomic E-state index is 11.2. The Kier molecular flexibility index (Phi) is 1.36. The average molecular weight is 137 g/mol. The highest BCUT2D eigenvalue weighted by atomic mass is 16.5. The lowest BCUT2D eigenvalue weighted by Crippen LogP contribution is -3.05.